The van der Waals surface area contributed by atoms with Crippen molar-refractivity contribution in [3.05, 3.63) is 29.8 Å². The molecule has 0 aliphatic carbocycles. The summed E-state index contributed by atoms with van der Waals surface area (Å²) in [6, 6.07) is 8.54. The molecule has 0 aromatic heterocycles. The minimum Gasteiger partial charge on any atom is -0.315 e. The summed E-state index contributed by atoms with van der Waals surface area (Å²) in [6.07, 6.45) is 0.529. The first kappa shape index (κ1) is 15.7. The van der Waals surface area contributed by atoms with E-state index in [0.29, 0.717) is 18.4 Å². The molecule has 0 fully saturated rings. The van der Waals surface area contributed by atoms with E-state index in [-0.39, 0.29) is 5.91 Å². The van der Waals surface area contributed by atoms with Crippen molar-refractivity contribution in [3.63, 3.8) is 0 Å². The Morgan fingerprint density at radius 3 is 2.42 bits per heavy atom. The first-order valence-corrected chi connectivity index (χ1v) is 7.02. The van der Waals surface area contributed by atoms with Crippen LogP contribution in [0, 0.1) is 0 Å². The largest absolute Gasteiger partial charge is 0.315 e. The lowest BCUT2D eigenvalue weighted by atomic mass is 10.0. The van der Waals surface area contributed by atoms with Crippen molar-refractivity contribution in [3.8, 4) is 0 Å². The third kappa shape index (κ3) is 4.67. The fourth-order valence-corrected chi connectivity index (χ4v) is 2.05. The van der Waals surface area contributed by atoms with Crippen LogP contribution in [0.5, 0.6) is 0 Å². The molecule has 1 aromatic carbocycles. The van der Waals surface area contributed by atoms with Gasteiger partial charge in [0.2, 0.25) is 5.91 Å². The van der Waals surface area contributed by atoms with Crippen molar-refractivity contribution in [2.45, 2.75) is 46.1 Å². The van der Waals surface area contributed by atoms with Gasteiger partial charge in [0.05, 0.1) is 0 Å². The molecule has 3 heteroatoms. The van der Waals surface area contributed by atoms with Crippen molar-refractivity contribution in [2.75, 3.05) is 18.5 Å². The van der Waals surface area contributed by atoms with Crippen LogP contribution in [0.1, 0.15) is 45.6 Å². The van der Waals surface area contributed by atoms with Gasteiger partial charge in [-0.15, -0.1) is 0 Å². The second-order valence-electron chi connectivity index (χ2n) is 5.53. The maximum absolute atomic E-state index is 12.2. The Balaban J connectivity index is 2.71. The molecule has 0 radical (unpaired) electrons. The Hall–Kier alpha value is -1.35. The highest BCUT2D eigenvalue weighted by molar-refractivity contribution is 5.93. The number of carbonyl (C=O) groups is 1. The molecular weight excluding hydrogens is 236 g/mol. The van der Waals surface area contributed by atoms with E-state index in [1.807, 2.05) is 25.2 Å². The number of anilines is 1. The zero-order valence-electron chi connectivity index (χ0n) is 12.7. The fraction of sp³-hybridized carbons (Fsp3) is 0.562. The molecule has 0 saturated carbocycles. The molecule has 19 heavy (non-hydrogen) atoms. The lowest BCUT2D eigenvalue weighted by molar-refractivity contribution is -0.118. The lowest BCUT2D eigenvalue weighted by Crippen LogP contribution is -2.32. The molecule has 106 valence electrons. The number of carbonyl (C=O) groups excluding carboxylic acids is 1. The molecule has 0 aliphatic rings. The van der Waals surface area contributed by atoms with E-state index >= 15 is 0 Å². The predicted octanol–water partition coefficient (Wildman–Crippen LogP) is 3.16. The Labute approximate surface area is 117 Å². The van der Waals surface area contributed by atoms with E-state index in [2.05, 4.69) is 39.1 Å². The summed E-state index contributed by atoms with van der Waals surface area (Å²) in [5.41, 5.74) is 2.24. The molecule has 1 amide bonds. The van der Waals surface area contributed by atoms with Crippen molar-refractivity contribution >= 4 is 11.6 Å². The van der Waals surface area contributed by atoms with E-state index < -0.39 is 0 Å². The van der Waals surface area contributed by atoms with Crippen LogP contribution >= 0.6 is 0 Å². The van der Waals surface area contributed by atoms with Crippen molar-refractivity contribution in [1.29, 1.82) is 0 Å². The molecule has 0 spiro atoms. The van der Waals surface area contributed by atoms with Crippen LogP contribution in [0.4, 0.5) is 5.69 Å². The zero-order chi connectivity index (χ0) is 14.4. The maximum Gasteiger partial charge on any atom is 0.228 e. The van der Waals surface area contributed by atoms with E-state index in [4.69, 9.17) is 0 Å². The number of benzene rings is 1. The number of rotatable bonds is 6. The third-order valence-electron chi connectivity index (χ3n) is 3.19. The van der Waals surface area contributed by atoms with Gasteiger partial charge in [0.15, 0.2) is 0 Å². The molecule has 0 bridgehead atoms. The van der Waals surface area contributed by atoms with Crippen LogP contribution in [0.2, 0.25) is 0 Å². The molecule has 0 atom stereocenters. The number of para-hydroxylation sites is 1. The number of nitrogens with zero attached hydrogens (tertiary/aromatic N) is 1. The topological polar surface area (TPSA) is 32.3 Å². The Kier molecular flexibility index (Phi) is 6.03. The highest BCUT2D eigenvalue weighted by atomic mass is 16.2. The molecule has 3 nitrogen and oxygen atoms in total. The quantitative estimate of drug-likeness (QED) is 0.854. The lowest BCUT2D eigenvalue weighted by Gasteiger charge is -2.22. The number of hydrogen-bond donors (Lipinski definition) is 1. The van der Waals surface area contributed by atoms with Crippen molar-refractivity contribution in [1.82, 2.24) is 5.32 Å². The normalized spacial score (nSPS) is 11.1. The second-order valence-corrected chi connectivity index (χ2v) is 5.53. The number of nitrogens with one attached hydrogen (secondary N) is 1. The van der Waals surface area contributed by atoms with E-state index in [1.165, 1.54) is 5.56 Å². The van der Waals surface area contributed by atoms with Gasteiger partial charge in [-0.05, 0) is 17.5 Å². The molecule has 1 aromatic rings. The standard InChI is InChI=1S/C16H26N2O/c1-12(2)14-8-6-7-9-15(14)18(5)16(19)10-11-17-13(3)4/h6-9,12-13,17H,10-11H2,1-5H3. The molecular formula is C16H26N2O. The Morgan fingerprint density at radius 2 is 1.84 bits per heavy atom. The van der Waals surface area contributed by atoms with Gasteiger partial charge in [0.1, 0.15) is 0 Å². The first-order chi connectivity index (χ1) is 8.93. The van der Waals surface area contributed by atoms with Crippen LogP contribution in [0.3, 0.4) is 0 Å². The summed E-state index contributed by atoms with van der Waals surface area (Å²) in [4.78, 5) is 14.0. The molecule has 0 saturated heterocycles. The summed E-state index contributed by atoms with van der Waals surface area (Å²) in [6.45, 7) is 9.20. The third-order valence-corrected chi connectivity index (χ3v) is 3.19. The van der Waals surface area contributed by atoms with Crippen LogP contribution < -0.4 is 10.2 Å². The van der Waals surface area contributed by atoms with Gasteiger partial charge in [-0.25, -0.2) is 0 Å². The van der Waals surface area contributed by atoms with Gasteiger partial charge in [-0.1, -0.05) is 45.9 Å². The monoisotopic (exact) mass is 262 g/mol. The molecule has 0 aliphatic heterocycles. The highest BCUT2D eigenvalue weighted by Crippen LogP contribution is 2.26. The summed E-state index contributed by atoms with van der Waals surface area (Å²) in [5.74, 6) is 0.571. The van der Waals surface area contributed by atoms with Crippen LogP contribution in [0.15, 0.2) is 24.3 Å². The minimum atomic E-state index is 0.154. The van der Waals surface area contributed by atoms with Crippen molar-refractivity contribution < 1.29 is 4.79 Å². The smallest absolute Gasteiger partial charge is 0.228 e. The number of amides is 1. The summed E-state index contributed by atoms with van der Waals surface area (Å²) < 4.78 is 0. The molecule has 1 N–H and O–H groups in total. The van der Waals surface area contributed by atoms with Gasteiger partial charge >= 0.3 is 0 Å². The van der Waals surface area contributed by atoms with E-state index in [1.54, 1.807) is 4.90 Å². The molecule has 0 unspecified atom stereocenters. The molecule has 0 heterocycles. The van der Waals surface area contributed by atoms with Gasteiger partial charge in [0, 0.05) is 31.7 Å². The Bertz CT molecular complexity index is 413. The second kappa shape index (κ2) is 7.29. The SMILES string of the molecule is CC(C)NCCC(=O)N(C)c1ccccc1C(C)C. The van der Waals surface area contributed by atoms with Gasteiger partial charge in [-0.3, -0.25) is 4.79 Å². The average Bonchev–Trinajstić information content (AvgIpc) is 2.37. The van der Waals surface area contributed by atoms with Crippen molar-refractivity contribution in [2.24, 2.45) is 0 Å². The summed E-state index contributed by atoms with van der Waals surface area (Å²) in [7, 11) is 1.86. The molecule has 1 rings (SSSR count). The van der Waals surface area contributed by atoms with Gasteiger partial charge in [-0.2, -0.15) is 0 Å². The van der Waals surface area contributed by atoms with Crippen LogP contribution in [-0.4, -0.2) is 25.5 Å². The first-order valence-electron chi connectivity index (χ1n) is 7.02. The Morgan fingerprint density at radius 1 is 1.21 bits per heavy atom. The number of hydrogen-bond acceptors (Lipinski definition) is 2. The van der Waals surface area contributed by atoms with Gasteiger partial charge < -0.3 is 10.2 Å². The average molecular weight is 262 g/mol. The zero-order valence-corrected chi connectivity index (χ0v) is 12.7. The van der Waals surface area contributed by atoms with Crippen LogP contribution in [-0.2, 0) is 4.79 Å². The fourth-order valence-electron chi connectivity index (χ4n) is 2.05. The minimum absolute atomic E-state index is 0.154. The van der Waals surface area contributed by atoms with E-state index in [0.717, 1.165) is 12.2 Å². The highest BCUT2D eigenvalue weighted by Gasteiger charge is 2.15. The van der Waals surface area contributed by atoms with Crippen LogP contribution in [0.25, 0.3) is 0 Å². The van der Waals surface area contributed by atoms with E-state index in [9.17, 15) is 4.79 Å². The summed E-state index contributed by atoms with van der Waals surface area (Å²) >= 11 is 0. The predicted molar refractivity (Wildman–Crippen MR) is 81.7 cm³/mol. The maximum atomic E-state index is 12.2. The van der Waals surface area contributed by atoms with Gasteiger partial charge in [0.25, 0.3) is 0 Å². The summed E-state index contributed by atoms with van der Waals surface area (Å²) in [5, 5.41) is 3.27.